The molecule has 1 aromatic heterocycles. The molecule has 0 unspecified atom stereocenters. The van der Waals surface area contributed by atoms with E-state index < -0.39 is 0 Å². The van der Waals surface area contributed by atoms with E-state index in [1.807, 2.05) is 37.4 Å². The second-order valence-corrected chi connectivity index (χ2v) is 3.88. The third-order valence-electron chi connectivity index (χ3n) is 2.61. The first-order valence-electron chi connectivity index (χ1n) is 5.63. The molecule has 0 aliphatic rings. The van der Waals surface area contributed by atoms with Gasteiger partial charge in [-0.3, -0.25) is 4.79 Å². The molecule has 0 atom stereocenters. The maximum Gasteiger partial charge on any atom is 0.224 e. The largest absolute Gasteiger partial charge is 0.361 e. The molecule has 3 heteroatoms. The van der Waals surface area contributed by atoms with Crippen LogP contribution in [0.1, 0.15) is 18.9 Å². The number of nitrogens with one attached hydrogen (secondary N) is 2. The average molecular weight is 216 g/mol. The minimum Gasteiger partial charge on any atom is -0.361 e. The fourth-order valence-electron chi connectivity index (χ4n) is 1.80. The van der Waals surface area contributed by atoms with Gasteiger partial charge in [0.25, 0.3) is 0 Å². The average Bonchev–Trinajstić information content (AvgIpc) is 2.75. The fraction of sp³-hybridized carbons (Fsp3) is 0.308. The summed E-state index contributed by atoms with van der Waals surface area (Å²) in [7, 11) is 0. The van der Waals surface area contributed by atoms with Gasteiger partial charge in [-0.25, -0.2) is 0 Å². The number of carbonyl (C=O) groups excluding carboxylic acids is 1. The molecule has 0 aliphatic heterocycles. The van der Waals surface area contributed by atoms with Gasteiger partial charge in [0.05, 0.1) is 6.42 Å². The van der Waals surface area contributed by atoms with Crippen molar-refractivity contribution in [1.29, 1.82) is 0 Å². The number of amides is 1. The van der Waals surface area contributed by atoms with Crippen molar-refractivity contribution in [2.24, 2.45) is 0 Å². The second kappa shape index (κ2) is 4.84. The zero-order valence-electron chi connectivity index (χ0n) is 9.42. The molecule has 84 valence electrons. The summed E-state index contributed by atoms with van der Waals surface area (Å²) in [5, 5.41) is 4.02. The maximum atomic E-state index is 11.6. The highest BCUT2D eigenvalue weighted by atomic mass is 16.1. The van der Waals surface area contributed by atoms with Crippen molar-refractivity contribution in [2.75, 3.05) is 6.54 Å². The number of aromatic nitrogens is 1. The molecule has 0 bridgehead atoms. The van der Waals surface area contributed by atoms with Crippen LogP contribution in [0.4, 0.5) is 0 Å². The minimum atomic E-state index is 0.0931. The van der Waals surface area contributed by atoms with Gasteiger partial charge in [0.1, 0.15) is 0 Å². The van der Waals surface area contributed by atoms with Crippen molar-refractivity contribution in [2.45, 2.75) is 19.8 Å². The molecular weight excluding hydrogens is 200 g/mol. The Morgan fingerprint density at radius 1 is 1.38 bits per heavy atom. The number of H-pyrrole nitrogens is 1. The summed E-state index contributed by atoms with van der Waals surface area (Å²) in [5.41, 5.74) is 2.16. The summed E-state index contributed by atoms with van der Waals surface area (Å²) in [6.45, 7) is 2.80. The third kappa shape index (κ3) is 2.24. The molecule has 2 rings (SSSR count). The van der Waals surface area contributed by atoms with Crippen LogP contribution in [-0.4, -0.2) is 17.4 Å². The predicted molar refractivity (Wildman–Crippen MR) is 65.3 cm³/mol. The number of carbonyl (C=O) groups is 1. The fourth-order valence-corrected chi connectivity index (χ4v) is 1.80. The van der Waals surface area contributed by atoms with E-state index in [-0.39, 0.29) is 5.91 Å². The summed E-state index contributed by atoms with van der Waals surface area (Å²) in [4.78, 5) is 14.8. The normalized spacial score (nSPS) is 10.6. The van der Waals surface area contributed by atoms with Crippen LogP contribution in [0, 0.1) is 0 Å². The molecule has 0 aliphatic carbocycles. The van der Waals surface area contributed by atoms with Crippen molar-refractivity contribution in [1.82, 2.24) is 10.3 Å². The van der Waals surface area contributed by atoms with Crippen molar-refractivity contribution in [3.8, 4) is 0 Å². The topological polar surface area (TPSA) is 44.9 Å². The Morgan fingerprint density at radius 3 is 3.06 bits per heavy atom. The zero-order valence-corrected chi connectivity index (χ0v) is 9.42. The lowest BCUT2D eigenvalue weighted by Crippen LogP contribution is -2.25. The van der Waals surface area contributed by atoms with Gasteiger partial charge in [-0.15, -0.1) is 0 Å². The van der Waals surface area contributed by atoms with Gasteiger partial charge in [0, 0.05) is 23.6 Å². The highest BCUT2D eigenvalue weighted by molar-refractivity contribution is 5.88. The molecule has 2 N–H and O–H groups in total. The first kappa shape index (κ1) is 10.7. The molecule has 0 saturated heterocycles. The molecule has 1 amide bonds. The van der Waals surface area contributed by atoms with Gasteiger partial charge in [-0.1, -0.05) is 19.1 Å². The van der Waals surface area contributed by atoms with Gasteiger partial charge >= 0.3 is 0 Å². The van der Waals surface area contributed by atoms with E-state index in [4.69, 9.17) is 0 Å². The van der Waals surface area contributed by atoms with E-state index in [0.717, 1.165) is 29.4 Å². The van der Waals surface area contributed by atoms with Gasteiger partial charge in [0.15, 0.2) is 0 Å². The lowest BCUT2D eigenvalue weighted by Gasteiger charge is -2.04. The monoisotopic (exact) mass is 216 g/mol. The highest BCUT2D eigenvalue weighted by Crippen LogP contribution is 2.17. The maximum absolute atomic E-state index is 11.6. The van der Waals surface area contributed by atoms with Crippen molar-refractivity contribution >= 4 is 16.8 Å². The molecule has 16 heavy (non-hydrogen) atoms. The van der Waals surface area contributed by atoms with Crippen LogP contribution < -0.4 is 5.32 Å². The molecule has 2 aromatic rings. The minimum absolute atomic E-state index is 0.0931. The summed E-state index contributed by atoms with van der Waals surface area (Å²) in [6.07, 6.45) is 3.33. The van der Waals surface area contributed by atoms with E-state index in [2.05, 4.69) is 10.3 Å². The Labute approximate surface area is 94.9 Å². The molecule has 0 spiro atoms. The second-order valence-electron chi connectivity index (χ2n) is 3.88. The molecule has 1 aromatic carbocycles. The number of hydrogen-bond acceptors (Lipinski definition) is 1. The van der Waals surface area contributed by atoms with Gasteiger partial charge in [0.2, 0.25) is 5.91 Å². The SMILES string of the molecule is CCCNC(=O)Cc1cccc2[nH]ccc12. The van der Waals surface area contributed by atoms with E-state index in [0.29, 0.717) is 6.42 Å². The van der Waals surface area contributed by atoms with Crippen LogP contribution in [0.2, 0.25) is 0 Å². The van der Waals surface area contributed by atoms with E-state index in [1.54, 1.807) is 0 Å². The smallest absolute Gasteiger partial charge is 0.224 e. The summed E-state index contributed by atoms with van der Waals surface area (Å²) < 4.78 is 0. The van der Waals surface area contributed by atoms with E-state index in [1.165, 1.54) is 0 Å². The highest BCUT2D eigenvalue weighted by Gasteiger charge is 2.06. The zero-order chi connectivity index (χ0) is 11.4. The van der Waals surface area contributed by atoms with Gasteiger partial charge in [-0.05, 0) is 24.1 Å². The first-order chi connectivity index (χ1) is 7.81. The summed E-state index contributed by atoms with van der Waals surface area (Å²) in [6, 6.07) is 8.00. The van der Waals surface area contributed by atoms with Gasteiger partial charge in [-0.2, -0.15) is 0 Å². The molecule has 0 saturated carbocycles. The van der Waals surface area contributed by atoms with Gasteiger partial charge < -0.3 is 10.3 Å². The molecule has 1 heterocycles. The number of benzene rings is 1. The summed E-state index contributed by atoms with van der Waals surface area (Å²) in [5.74, 6) is 0.0931. The quantitative estimate of drug-likeness (QED) is 0.808. The number of hydrogen-bond donors (Lipinski definition) is 2. The molecular formula is C13H16N2O. The van der Waals surface area contributed by atoms with Crippen LogP contribution in [0.3, 0.4) is 0 Å². The van der Waals surface area contributed by atoms with E-state index in [9.17, 15) is 4.79 Å². The van der Waals surface area contributed by atoms with Crippen molar-refractivity contribution in [3.05, 3.63) is 36.0 Å². The number of rotatable bonds is 4. The Kier molecular flexibility index (Phi) is 3.25. The van der Waals surface area contributed by atoms with Crippen molar-refractivity contribution < 1.29 is 4.79 Å². The van der Waals surface area contributed by atoms with Crippen LogP contribution in [-0.2, 0) is 11.2 Å². The molecule has 3 nitrogen and oxygen atoms in total. The standard InChI is InChI=1S/C13H16N2O/c1-2-7-15-13(16)9-10-4-3-5-12-11(10)6-8-14-12/h3-6,8,14H,2,7,9H2,1H3,(H,15,16). The van der Waals surface area contributed by atoms with Crippen LogP contribution in [0.15, 0.2) is 30.5 Å². The number of aromatic amines is 1. The number of fused-ring (bicyclic) bond motifs is 1. The molecule has 0 fully saturated rings. The summed E-state index contributed by atoms with van der Waals surface area (Å²) >= 11 is 0. The Bertz CT molecular complexity index is 487. The lowest BCUT2D eigenvalue weighted by atomic mass is 10.1. The first-order valence-corrected chi connectivity index (χ1v) is 5.63. The van der Waals surface area contributed by atoms with Crippen LogP contribution in [0.5, 0.6) is 0 Å². The third-order valence-corrected chi connectivity index (χ3v) is 2.61. The predicted octanol–water partition coefficient (Wildman–Crippen LogP) is 2.24. The Balaban J connectivity index is 2.14. The van der Waals surface area contributed by atoms with E-state index >= 15 is 0 Å². The molecule has 0 radical (unpaired) electrons. The van der Waals surface area contributed by atoms with Crippen LogP contribution >= 0.6 is 0 Å². The Morgan fingerprint density at radius 2 is 2.25 bits per heavy atom. The van der Waals surface area contributed by atoms with Crippen LogP contribution in [0.25, 0.3) is 10.9 Å². The Hall–Kier alpha value is -1.77. The lowest BCUT2D eigenvalue weighted by molar-refractivity contribution is -0.120. The van der Waals surface area contributed by atoms with Crippen molar-refractivity contribution in [3.63, 3.8) is 0 Å².